The summed E-state index contributed by atoms with van der Waals surface area (Å²) in [6.45, 7) is 9.09. The normalized spacial score (nSPS) is 12.0. The Hall–Kier alpha value is -1.59. The smallest absolute Gasteiger partial charge is 0.306 e. The summed E-state index contributed by atoms with van der Waals surface area (Å²) >= 11 is 0. The van der Waals surface area contributed by atoms with Crippen LogP contribution < -0.4 is 0 Å². The van der Waals surface area contributed by atoms with Crippen LogP contribution in [0.1, 0.15) is 368 Å². The van der Waals surface area contributed by atoms with E-state index in [4.69, 9.17) is 14.2 Å². The maximum Gasteiger partial charge on any atom is 0.306 e. The van der Waals surface area contributed by atoms with Gasteiger partial charge in [0.2, 0.25) is 0 Å². The Morgan fingerprint density at radius 3 is 0.700 bits per heavy atom. The van der Waals surface area contributed by atoms with E-state index in [1.54, 1.807) is 0 Å². The maximum atomic E-state index is 12.9. The van der Waals surface area contributed by atoms with Crippen molar-refractivity contribution in [3.05, 3.63) is 0 Å². The summed E-state index contributed by atoms with van der Waals surface area (Å²) in [5.41, 5.74) is 0. The molecule has 416 valence electrons. The average molecular weight is 990 g/mol. The molecule has 0 radical (unpaired) electrons. The quantitative estimate of drug-likeness (QED) is 0.0343. The molecule has 0 spiro atoms. The van der Waals surface area contributed by atoms with Gasteiger partial charge in [-0.1, -0.05) is 329 Å². The molecule has 0 amide bonds. The van der Waals surface area contributed by atoms with Gasteiger partial charge in [-0.15, -0.1) is 0 Å². The van der Waals surface area contributed by atoms with Gasteiger partial charge in [0, 0.05) is 19.3 Å². The molecule has 0 saturated carbocycles. The fraction of sp³-hybridized carbons (Fsp3) is 0.953. The van der Waals surface area contributed by atoms with E-state index in [1.165, 1.54) is 263 Å². The highest BCUT2D eigenvalue weighted by Crippen LogP contribution is 2.19. The molecule has 0 aromatic heterocycles. The van der Waals surface area contributed by atoms with E-state index in [0.717, 1.165) is 63.7 Å². The van der Waals surface area contributed by atoms with Crippen LogP contribution in [0.5, 0.6) is 0 Å². The van der Waals surface area contributed by atoms with Crippen LogP contribution in [0.15, 0.2) is 0 Å². The number of carbonyl (C=O) groups excluding carboxylic acids is 3. The van der Waals surface area contributed by atoms with Gasteiger partial charge in [0.1, 0.15) is 13.2 Å². The fourth-order valence-electron chi connectivity index (χ4n) is 9.99. The first-order valence-corrected chi connectivity index (χ1v) is 31.9. The van der Waals surface area contributed by atoms with Gasteiger partial charge in [-0.05, 0) is 25.2 Å². The molecule has 6 nitrogen and oxygen atoms in total. The van der Waals surface area contributed by atoms with Crippen molar-refractivity contribution in [2.75, 3.05) is 13.2 Å². The molecule has 0 aromatic carbocycles. The van der Waals surface area contributed by atoms with Crippen molar-refractivity contribution in [3.63, 3.8) is 0 Å². The Morgan fingerprint density at radius 2 is 0.471 bits per heavy atom. The van der Waals surface area contributed by atoms with E-state index in [2.05, 4.69) is 27.7 Å². The van der Waals surface area contributed by atoms with Crippen LogP contribution in [0, 0.1) is 5.92 Å². The molecule has 0 aliphatic carbocycles. The number of hydrogen-bond acceptors (Lipinski definition) is 6. The van der Waals surface area contributed by atoms with Crippen LogP contribution in [-0.4, -0.2) is 37.2 Å². The van der Waals surface area contributed by atoms with Crippen molar-refractivity contribution >= 4 is 17.9 Å². The predicted molar refractivity (Wildman–Crippen MR) is 303 cm³/mol. The summed E-state index contributed by atoms with van der Waals surface area (Å²) in [6.07, 6.45) is 65.3. The summed E-state index contributed by atoms with van der Waals surface area (Å²) in [5.74, 6) is 0.0252. The zero-order valence-electron chi connectivity index (χ0n) is 48.0. The van der Waals surface area contributed by atoms with Crippen molar-refractivity contribution in [3.8, 4) is 0 Å². The SMILES string of the molecule is CCCCCCCCCCCCCCCCCCCCCC(=O)OC[C@@H](COC(=O)CCCCCCCCCCCCCCCCCCC(C)C)OC(=O)CCCCCCCCCCCCCCCC. The molecule has 0 N–H and O–H groups in total. The Kier molecular flexibility index (Phi) is 57.0. The van der Waals surface area contributed by atoms with E-state index in [9.17, 15) is 14.4 Å². The Labute approximate surface area is 438 Å². The van der Waals surface area contributed by atoms with Crippen LogP contribution in [-0.2, 0) is 28.6 Å². The second kappa shape index (κ2) is 58.3. The second-order valence-corrected chi connectivity index (χ2v) is 22.5. The van der Waals surface area contributed by atoms with Crippen LogP contribution in [0.25, 0.3) is 0 Å². The van der Waals surface area contributed by atoms with Gasteiger partial charge < -0.3 is 14.2 Å². The molecule has 0 aliphatic heterocycles. The van der Waals surface area contributed by atoms with E-state index in [1.807, 2.05) is 0 Å². The zero-order valence-corrected chi connectivity index (χ0v) is 48.0. The number of unbranched alkanes of at least 4 members (excludes halogenated alkanes) is 46. The number of hydrogen-bond donors (Lipinski definition) is 0. The summed E-state index contributed by atoms with van der Waals surface area (Å²) in [5, 5.41) is 0. The van der Waals surface area contributed by atoms with Crippen molar-refractivity contribution in [2.45, 2.75) is 374 Å². The van der Waals surface area contributed by atoms with Crippen molar-refractivity contribution in [1.82, 2.24) is 0 Å². The van der Waals surface area contributed by atoms with E-state index >= 15 is 0 Å². The molecular weight excluding hydrogens is 865 g/mol. The van der Waals surface area contributed by atoms with Crippen LogP contribution in [0.3, 0.4) is 0 Å². The predicted octanol–water partition coefficient (Wildman–Crippen LogP) is 21.4. The first-order valence-electron chi connectivity index (χ1n) is 31.9. The highest BCUT2D eigenvalue weighted by atomic mass is 16.6. The maximum absolute atomic E-state index is 12.9. The third kappa shape index (κ3) is 57.3. The number of ether oxygens (including phenoxy) is 3. The Morgan fingerprint density at radius 1 is 0.271 bits per heavy atom. The average Bonchev–Trinajstić information content (AvgIpc) is 3.35. The largest absolute Gasteiger partial charge is 0.462 e. The summed E-state index contributed by atoms with van der Waals surface area (Å²) < 4.78 is 17.0. The molecular formula is C64H124O6. The monoisotopic (exact) mass is 989 g/mol. The first kappa shape index (κ1) is 68.4. The lowest BCUT2D eigenvalue weighted by Crippen LogP contribution is -2.30. The topological polar surface area (TPSA) is 78.9 Å². The fourth-order valence-corrected chi connectivity index (χ4v) is 9.99. The third-order valence-corrected chi connectivity index (χ3v) is 14.8. The lowest BCUT2D eigenvalue weighted by molar-refractivity contribution is -0.167. The Balaban J connectivity index is 4.25. The summed E-state index contributed by atoms with van der Waals surface area (Å²) in [4.78, 5) is 38.3. The van der Waals surface area contributed by atoms with Gasteiger partial charge in [-0.2, -0.15) is 0 Å². The minimum Gasteiger partial charge on any atom is -0.462 e. The molecule has 0 fully saturated rings. The summed E-state index contributed by atoms with van der Waals surface area (Å²) in [6, 6.07) is 0. The minimum atomic E-state index is -0.762. The molecule has 0 saturated heterocycles. The van der Waals surface area contributed by atoms with Gasteiger partial charge in [0.15, 0.2) is 6.10 Å². The molecule has 0 aliphatic rings. The number of carbonyl (C=O) groups is 3. The van der Waals surface area contributed by atoms with Gasteiger partial charge in [-0.3, -0.25) is 14.4 Å². The highest BCUT2D eigenvalue weighted by Gasteiger charge is 2.19. The van der Waals surface area contributed by atoms with E-state index in [0.29, 0.717) is 19.3 Å². The van der Waals surface area contributed by atoms with Crippen LogP contribution >= 0.6 is 0 Å². The summed E-state index contributed by atoms with van der Waals surface area (Å²) in [7, 11) is 0. The zero-order chi connectivity index (χ0) is 50.9. The van der Waals surface area contributed by atoms with Gasteiger partial charge >= 0.3 is 17.9 Å². The molecule has 0 aromatic rings. The second-order valence-electron chi connectivity index (χ2n) is 22.5. The first-order chi connectivity index (χ1) is 34.4. The van der Waals surface area contributed by atoms with Crippen molar-refractivity contribution in [2.24, 2.45) is 5.92 Å². The molecule has 0 rings (SSSR count). The molecule has 0 unspecified atom stereocenters. The van der Waals surface area contributed by atoms with Gasteiger partial charge in [0.05, 0.1) is 0 Å². The van der Waals surface area contributed by atoms with Gasteiger partial charge in [0.25, 0.3) is 0 Å². The molecule has 6 heteroatoms. The van der Waals surface area contributed by atoms with Crippen molar-refractivity contribution in [1.29, 1.82) is 0 Å². The standard InChI is InChI=1S/C64H124O6/c1-5-7-9-11-13-15-17-19-21-22-23-24-28-32-35-39-43-47-51-55-62(65)68-58-61(70-64(67)57-53-49-45-41-37-31-20-18-16-14-12-10-8-6-2)59-69-63(66)56-52-48-44-40-36-33-29-26-25-27-30-34-38-42-46-50-54-60(3)4/h60-61H,5-59H2,1-4H3/t61-/m0/s1. The lowest BCUT2D eigenvalue weighted by Gasteiger charge is -2.18. The van der Waals surface area contributed by atoms with Crippen molar-refractivity contribution < 1.29 is 28.6 Å². The van der Waals surface area contributed by atoms with Gasteiger partial charge in [-0.25, -0.2) is 0 Å². The molecule has 0 heterocycles. The highest BCUT2D eigenvalue weighted by molar-refractivity contribution is 5.71. The Bertz CT molecular complexity index is 1060. The van der Waals surface area contributed by atoms with E-state index in [-0.39, 0.29) is 31.1 Å². The van der Waals surface area contributed by atoms with E-state index < -0.39 is 6.10 Å². The molecule has 1 atom stereocenters. The lowest BCUT2D eigenvalue weighted by atomic mass is 10.0. The minimum absolute atomic E-state index is 0.0611. The van der Waals surface area contributed by atoms with Crippen LogP contribution in [0.2, 0.25) is 0 Å². The third-order valence-electron chi connectivity index (χ3n) is 14.8. The number of rotatable bonds is 59. The molecule has 70 heavy (non-hydrogen) atoms. The molecule has 0 bridgehead atoms. The number of esters is 3. The van der Waals surface area contributed by atoms with Crippen LogP contribution in [0.4, 0.5) is 0 Å².